The van der Waals surface area contributed by atoms with Crippen LogP contribution in [-0.2, 0) is 9.84 Å². The summed E-state index contributed by atoms with van der Waals surface area (Å²) in [6, 6.07) is 6.37. The van der Waals surface area contributed by atoms with Crippen LogP contribution in [0.2, 0.25) is 0 Å². The molecule has 3 N–H and O–H groups in total. The highest BCUT2D eigenvalue weighted by atomic mass is 32.2. The van der Waals surface area contributed by atoms with Crippen LogP contribution >= 0.6 is 0 Å². The molecule has 0 aliphatic carbocycles. The van der Waals surface area contributed by atoms with Crippen molar-refractivity contribution < 1.29 is 8.42 Å². The molecule has 0 saturated carbocycles. The van der Waals surface area contributed by atoms with Crippen LogP contribution in [0.3, 0.4) is 0 Å². The third-order valence-corrected chi connectivity index (χ3v) is 3.14. The van der Waals surface area contributed by atoms with Crippen LogP contribution in [0.1, 0.15) is 20.8 Å². The fourth-order valence-corrected chi connectivity index (χ4v) is 1.95. The normalized spacial score (nSPS) is 13.4. The average molecular weight is 269 g/mol. The van der Waals surface area contributed by atoms with Gasteiger partial charge in [-0.25, -0.2) is 13.4 Å². The van der Waals surface area contributed by atoms with Crippen molar-refractivity contribution in [2.75, 3.05) is 11.6 Å². The molecule has 1 rings (SSSR count). The molecule has 0 radical (unpaired) electrons. The first-order chi connectivity index (χ1) is 8.08. The lowest BCUT2D eigenvalue weighted by Crippen LogP contribution is -2.27. The second kappa shape index (κ2) is 4.97. The van der Waals surface area contributed by atoms with E-state index in [4.69, 9.17) is 5.73 Å². The summed E-state index contributed by atoms with van der Waals surface area (Å²) < 4.78 is 22.6. The number of hydrogen-bond donors (Lipinski definition) is 2. The number of nitrogens with zero attached hydrogens (tertiary/aromatic N) is 1. The number of aliphatic imine (C=N–C) groups is 1. The Morgan fingerprint density at radius 3 is 2.11 bits per heavy atom. The summed E-state index contributed by atoms with van der Waals surface area (Å²) in [5, 5.41) is 2.91. The van der Waals surface area contributed by atoms with Crippen LogP contribution in [0.5, 0.6) is 0 Å². The van der Waals surface area contributed by atoms with E-state index in [0.717, 1.165) is 0 Å². The van der Waals surface area contributed by atoms with Gasteiger partial charge in [0.15, 0.2) is 15.8 Å². The number of nitrogens with one attached hydrogen (secondary N) is 1. The van der Waals surface area contributed by atoms with Gasteiger partial charge in [-0.05, 0) is 45.0 Å². The molecule has 0 heterocycles. The molecule has 0 fully saturated rings. The lowest BCUT2D eigenvalue weighted by molar-refractivity contribution is 0.583. The van der Waals surface area contributed by atoms with Crippen molar-refractivity contribution >= 4 is 21.5 Å². The number of anilines is 1. The Labute approximate surface area is 108 Å². The van der Waals surface area contributed by atoms with Crippen molar-refractivity contribution in [3.05, 3.63) is 24.3 Å². The zero-order valence-corrected chi connectivity index (χ0v) is 11.9. The molecule has 0 aliphatic rings. The lowest BCUT2D eigenvalue weighted by atomic mass is 10.1. The highest BCUT2D eigenvalue weighted by Gasteiger charge is 2.09. The van der Waals surface area contributed by atoms with Crippen LogP contribution in [0.4, 0.5) is 5.69 Å². The molecule has 0 unspecified atom stereocenters. The summed E-state index contributed by atoms with van der Waals surface area (Å²) in [5.41, 5.74) is 6.18. The Morgan fingerprint density at radius 1 is 1.22 bits per heavy atom. The fourth-order valence-electron chi connectivity index (χ4n) is 1.32. The van der Waals surface area contributed by atoms with Crippen molar-refractivity contribution in [1.29, 1.82) is 0 Å². The molecule has 0 bridgehead atoms. The first-order valence-electron chi connectivity index (χ1n) is 5.50. The van der Waals surface area contributed by atoms with Crippen molar-refractivity contribution in [3.8, 4) is 0 Å². The summed E-state index contributed by atoms with van der Waals surface area (Å²) in [4.78, 5) is 4.52. The van der Waals surface area contributed by atoms with Crippen LogP contribution in [0, 0.1) is 0 Å². The third kappa shape index (κ3) is 4.75. The molecule has 1 aromatic carbocycles. The zero-order chi connectivity index (χ0) is 14.0. The van der Waals surface area contributed by atoms with Crippen molar-refractivity contribution in [2.24, 2.45) is 10.7 Å². The van der Waals surface area contributed by atoms with E-state index < -0.39 is 9.84 Å². The number of hydrogen-bond acceptors (Lipinski definition) is 3. The van der Waals surface area contributed by atoms with Gasteiger partial charge in [0.05, 0.1) is 10.4 Å². The van der Waals surface area contributed by atoms with E-state index in [1.54, 1.807) is 12.1 Å². The van der Waals surface area contributed by atoms with E-state index in [1.807, 2.05) is 20.8 Å². The summed E-state index contributed by atoms with van der Waals surface area (Å²) in [5.74, 6) is 0.301. The molecule has 0 atom stereocenters. The minimum atomic E-state index is -3.17. The molecule has 6 heteroatoms. The predicted octanol–water partition coefficient (Wildman–Crippen LogP) is 1.62. The SMILES string of the molecule is CC(C)(C)N=C(N)Nc1ccc(S(C)(=O)=O)cc1. The second-order valence-corrected chi connectivity index (χ2v) is 7.11. The maximum absolute atomic E-state index is 11.3. The fraction of sp³-hybridized carbons (Fsp3) is 0.417. The number of guanidine groups is 1. The Morgan fingerprint density at radius 2 is 1.72 bits per heavy atom. The first kappa shape index (κ1) is 14.5. The van der Waals surface area contributed by atoms with Crippen LogP contribution in [0.25, 0.3) is 0 Å². The van der Waals surface area contributed by atoms with E-state index >= 15 is 0 Å². The van der Waals surface area contributed by atoms with E-state index in [2.05, 4.69) is 10.3 Å². The highest BCUT2D eigenvalue weighted by molar-refractivity contribution is 7.90. The lowest BCUT2D eigenvalue weighted by Gasteiger charge is -2.14. The maximum atomic E-state index is 11.3. The minimum Gasteiger partial charge on any atom is -0.370 e. The Kier molecular flexibility index (Phi) is 4.01. The van der Waals surface area contributed by atoms with E-state index in [9.17, 15) is 8.42 Å². The molecule has 18 heavy (non-hydrogen) atoms. The molecule has 0 amide bonds. The molecule has 0 aromatic heterocycles. The minimum absolute atomic E-state index is 0.260. The van der Waals surface area contributed by atoms with Gasteiger partial charge in [0.1, 0.15) is 0 Å². The van der Waals surface area contributed by atoms with Crippen LogP contribution in [0.15, 0.2) is 34.2 Å². The number of sulfone groups is 1. The molecule has 0 spiro atoms. The molecule has 0 aliphatic heterocycles. The number of nitrogens with two attached hydrogens (primary N) is 1. The van der Waals surface area contributed by atoms with Crippen molar-refractivity contribution in [1.82, 2.24) is 0 Å². The van der Waals surface area contributed by atoms with E-state index in [-0.39, 0.29) is 10.4 Å². The number of rotatable bonds is 2. The molecular formula is C12H19N3O2S. The molecule has 5 nitrogen and oxygen atoms in total. The molecule has 0 saturated heterocycles. The summed E-state index contributed by atoms with van der Waals surface area (Å²) in [6.45, 7) is 5.82. The van der Waals surface area contributed by atoms with Gasteiger partial charge < -0.3 is 11.1 Å². The van der Waals surface area contributed by atoms with Gasteiger partial charge in [-0.1, -0.05) is 0 Å². The summed E-state index contributed by atoms with van der Waals surface area (Å²) in [6.07, 6.45) is 1.17. The Hall–Kier alpha value is -1.56. The van der Waals surface area contributed by atoms with Gasteiger partial charge in [0.25, 0.3) is 0 Å². The van der Waals surface area contributed by atoms with Gasteiger partial charge in [0, 0.05) is 11.9 Å². The first-order valence-corrected chi connectivity index (χ1v) is 7.39. The Balaban J connectivity index is 2.86. The largest absolute Gasteiger partial charge is 0.370 e. The maximum Gasteiger partial charge on any atom is 0.193 e. The standard InChI is InChI=1S/C12H19N3O2S/c1-12(2,3)15-11(13)14-9-5-7-10(8-6-9)18(4,16)17/h5-8H,1-4H3,(H3,13,14,15). The zero-order valence-electron chi connectivity index (χ0n) is 11.1. The van der Waals surface area contributed by atoms with Gasteiger partial charge in [-0.15, -0.1) is 0 Å². The van der Waals surface area contributed by atoms with Crippen LogP contribution in [-0.4, -0.2) is 26.2 Å². The topological polar surface area (TPSA) is 84.5 Å². The third-order valence-electron chi connectivity index (χ3n) is 2.01. The quantitative estimate of drug-likeness (QED) is 0.631. The van der Waals surface area contributed by atoms with Gasteiger partial charge in [-0.2, -0.15) is 0 Å². The monoisotopic (exact) mass is 269 g/mol. The molecule has 100 valence electrons. The van der Waals surface area contributed by atoms with Crippen LogP contribution < -0.4 is 11.1 Å². The van der Waals surface area contributed by atoms with Gasteiger partial charge in [-0.3, -0.25) is 0 Å². The summed E-state index contributed by atoms with van der Waals surface area (Å²) in [7, 11) is -3.17. The smallest absolute Gasteiger partial charge is 0.193 e. The van der Waals surface area contributed by atoms with Crippen molar-refractivity contribution in [2.45, 2.75) is 31.2 Å². The van der Waals surface area contributed by atoms with Gasteiger partial charge in [0.2, 0.25) is 0 Å². The summed E-state index contributed by atoms with van der Waals surface area (Å²) >= 11 is 0. The highest BCUT2D eigenvalue weighted by Crippen LogP contribution is 2.14. The Bertz CT molecular complexity index is 540. The van der Waals surface area contributed by atoms with E-state index in [0.29, 0.717) is 11.6 Å². The number of benzene rings is 1. The predicted molar refractivity (Wildman–Crippen MR) is 74.5 cm³/mol. The second-order valence-electron chi connectivity index (χ2n) is 5.09. The van der Waals surface area contributed by atoms with Gasteiger partial charge >= 0.3 is 0 Å². The molecular weight excluding hydrogens is 250 g/mol. The average Bonchev–Trinajstić information content (AvgIpc) is 2.13. The van der Waals surface area contributed by atoms with E-state index in [1.165, 1.54) is 18.4 Å². The van der Waals surface area contributed by atoms with Crippen molar-refractivity contribution in [3.63, 3.8) is 0 Å². The molecule has 1 aromatic rings.